The zero-order chi connectivity index (χ0) is 33.5. The summed E-state index contributed by atoms with van der Waals surface area (Å²) in [6, 6.07) is 34.8. The third kappa shape index (κ3) is 5.93. The molecule has 0 radical (unpaired) electrons. The molecule has 1 atom stereocenters. The number of hydrogen-bond acceptors (Lipinski definition) is 5. The second kappa shape index (κ2) is 12.9. The molecule has 3 aliphatic rings. The van der Waals surface area contributed by atoms with Crippen LogP contribution in [-0.4, -0.2) is 41.3 Å². The van der Waals surface area contributed by atoms with Gasteiger partial charge >= 0.3 is 0 Å². The van der Waals surface area contributed by atoms with E-state index >= 15 is 0 Å². The minimum atomic E-state index is -1.17. The number of anilines is 2. The summed E-state index contributed by atoms with van der Waals surface area (Å²) in [6.45, 7) is 5.38. The number of fused-ring (bicyclic) bond motifs is 1. The molecule has 7 heteroatoms. The van der Waals surface area contributed by atoms with Crippen LogP contribution >= 0.6 is 11.6 Å². The van der Waals surface area contributed by atoms with Crippen LogP contribution in [0.5, 0.6) is 0 Å². The number of amides is 1. The quantitative estimate of drug-likeness (QED) is 0.219. The molecule has 246 valence electrons. The zero-order valence-electron chi connectivity index (χ0n) is 27.5. The van der Waals surface area contributed by atoms with Crippen molar-refractivity contribution in [3.63, 3.8) is 0 Å². The number of aliphatic hydroxyl groups is 1. The topological polar surface area (TPSA) is 72.9 Å². The third-order valence-corrected chi connectivity index (χ3v) is 10.7. The van der Waals surface area contributed by atoms with Crippen LogP contribution in [0.25, 0.3) is 0 Å². The van der Waals surface area contributed by atoms with Gasteiger partial charge in [-0.15, -0.1) is 0 Å². The van der Waals surface area contributed by atoms with Gasteiger partial charge in [-0.1, -0.05) is 116 Å². The second-order valence-corrected chi connectivity index (χ2v) is 14.6. The highest BCUT2D eigenvalue weighted by Crippen LogP contribution is 2.49. The molecular formula is C41H42ClN3O3. The molecule has 1 aliphatic carbocycles. The van der Waals surface area contributed by atoms with E-state index < -0.39 is 11.6 Å². The van der Waals surface area contributed by atoms with E-state index in [1.54, 1.807) is 0 Å². The molecule has 2 heterocycles. The van der Waals surface area contributed by atoms with E-state index in [4.69, 9.17) is 11.6 Å². The maximum atomic E-state index is 14.4. The third-order valence-electron chi connectivity index (χ3n) is 10.4. The summed E-state index contributed by atoms with van der Waals surface area (Å²) in [4.78, 5) is 32.4. The van der Waals surface area contributed by atoms with Gasteiger partial charge in [-0.25, -0.2) is 0 Å². The average Bonchev–Trinajstić information content (AvgIpc) is 3.22. The van der Waals surface area contributed by atoms with Crippen molar-refractivity contribution in [2.45, 2.75) is 51.2 Å². The molecule has 48 heavy (non-hydrogen) atoms. The summed E-state index contributed by atoms with van der Waals surface area (Å²) in [6.07, 6.45) is 2.44. The maximum absolute atomic E-state index is 14.4. The number of hydrogen-bond donors (Lipinski definition) is 2. The first-order valence-corrected chi connectivity index (χ1v) is 17.3. The van der Waals surface area contributed by atoms with Gasteiger partial charge in [0.1, 0.15) is 5.60 Å². The van der Waals surface area contributed by atoms with Gasteiger partial charge in [0.2, 0.25) is 5.91 Å². The zero-order valence-corrected chi connectivity index (χ0v) is 28.3. The maximum Gasteiger partial charge on any atom is 0.242 e. The lowest BCUT2D eigenvalue weighted by Gasteiger charge is -2.43. The first kappa shape index (κ1) is 32.2. The average molecular weight is 660 g/mol. The monoisotopic (exact) mass is 659 g/mol. The Hall–Kier alpha value is -4.39. The number of para-hydroxylation sites is 2. The van der Waals surface area contributed by atoms with Crippen LogP contribution in [0.15, 0.2) is 120 Å². The number of halogens is 1. The summed E-state index contributed by atoms with van der Waals surface area (Å²) >= 11 is 6.88. The van der Waals surface area contributed by atoms with Gasteiger partial charge in [0.15, 0.2) is 5.78 Å². The van der Waals surface area contributed by atoms with E-state index in [0.717, 1.165) is 33.8 Å². The van der Waals surface area contributed by atoms with Gasteiger partial charge in [-0.3, -0.25) is 9.59 Å². The Morgan fingerprint density at radius 2 is 1.44 bits per heavy atom. The smallest absolute Gasteiger partial charge is 0.242 e. The number of rotatable bonds is 6. The number of allylic oxidation sites excluding steroid dienone is 1. The second-order valence-electron chi connectivity index (χ2n) is 14.2. The van der Waals surface area contributed by atoms with Crippen LogP contribution in [0.1, 0.15) is 62.3 Å². The fourth-order valence-corrected chi connectivity index (χ4v) is 8.30. The molecule has 1 saturated heterocycles. The van der Waals surface area contributed by atoms with Crippen molar-refractivity contribution in [1.29, 1.82) is 0 Å². The van der Waals surface area contributed by atoms with Crippen molar-refractivity contribution in [1.82, 2.24) is 4.90 Å². The molecule has 1 amide bonds. The van der Waals surface area contributed by atoms with Crippen molar-refractivity contribution in [3.8, 4) is 0 Å². The lowest BCUT2D eigenvalue weighted by atomic mass is 9.72. The summed E-state index contributed by atoms with van der Waals surface area (Å²) < 4.78 is 0. The van der Waals surface area contributed by atoms with Crippen LogP contribution in [0, 0.1) is 11.3 Å². The Bertz CT molecular complexity index is 1810. The van der Waals surface area contributed by atoms with Crippen molar-refractivity contribution in [2.24, 2.45) is 11.3 Å². The number of nitrogens with zero attached hydrogens (tertiary/aromatic N) is 2. The molecule has 0 bridgehead atoms. The van der Waals surface area contributed by atoms with E-state index in [1.165, 1.54) is 0 Å². The Balaban J connectivity index is 1.21. The Morgan fingerprint density at radius 3 is 2.08 bits per heavy atom. The molecule has 0 spiro atoms. The number of ketones is 1. The number of carbonyl (C=O) groups is 2. The first-order valence-electron chi connectivity index (χ1n) is 16.9. The fourth-order valence-electron chi connectivity index (χ4n) is 8.06. The largest absolute Gasteiger partial charge is 0.380 e. The van der Waals surface area contributed by atoms with E-state index in [-0.39, 0.29) is 29.6 Å². The molecule has 4 aromatic rings. The molecule has 6 nitrogen and oxygen atoms in total. The first-order chi connectivity index (χ1) is 23.2. The highest BCUT2D eigenvalue weighted by Gasteiger charge is 2.45. The minimum absolute atomic E-state index is 0.0177. The molecule has 7 rings (SSSR count). The standard InChI is InChI=1S/C41H42ClN3O3/c1-40(2)25-34-38(36(46)26-40)39(31-17-9-10-18-32(31)42)45(35-20-12-11-19-33(35)43-34)27-37(47)44-23-21-30(22-24-44)41(48,28-13-5-3-6-14-28)29-15-7-4-8-16-29/h3-20,30,39,43,48H,21-27H2,1-2H3. The van der Waals surface area contributed by atoms with E-state index in [0.29, 0.717) is 49.4 Å². The SMILES string of the molecule is CC1(C)CC(=O)C2=C(C1)Nc1ccccc1N(CC(=O)N1CCC(C(O)(c3ccccc3)c3ccccc3)CC1)C2c1ccccc1Cl. The van der Waals surface area contributed by atoms with Crippen LogP contribution in [0.2, 0.25) is 5.02 Å². The highest BCUT2D eigenvalue weighted by molar-refractivity contribution is 6.31. The number of likely N-dealkylation sites (tertiary alicyclic amines) is 1. The van der Waals surface area contributed by atoms with Gasteiger partial charge in [0, 0.05) is 35.8 Å². The van der Waals surface area contributed by atoms with E-state index in [2.05, 4.69) is 24.1 Å². The highest BCUT2D eigenvalue weighted by atomic mass is 35.5. The molecule has 1 fully saturated rings. The van der Waals surface area contributed by atoms with Gasteiger partial charge in [-0.05, 0) is 65.5 Å². The number of benzene rings is 4. The Labute approximate surface area is 288 Å². The normalized spacial score (nSPS) is 19.7. The van der Waals surface area contributed by atoms with E-state index in [9.17, 15) is 14.7 Å². The molecule has 0 aromatic heterocycles. The predicted molar refractivity (Wildman–Crippen MR) is 192 cm³/mol. The van der Waals surface area contributed by atoms with Gasteiger partial charge < -0.3 is 20.2 Å². The molecule has 2 N–H and O–H groups in total. The summed E-state index contributed by atoms with van der Waals surface area (Å²) in [5.74, 6) is -0.0111. The number of nitrogens with one attached hydrogen (secondary N) is 1. The van der Waals surface area contributed by atoms with Crippen LogP contribution in [0.4, 0.5) is 11.4 Å². The van der Waals surface area contributed by atoms with Gasteiger partial charge in [0.25, 0.3) is 0 Å². The van der Waals surface area contributed by atoms with Crippen molar-refractivity contribution >= 4 is 34.7 Å². The number of Topliss-reactive ketones (excluding diaryl/α,β-unsaturated/α-hetero) is 1. The van der Waals surface area contributed by atoms with Crippen molar-refractivity contribution in [3.05, 3.63) is 142 Å². The van der Waals surface area contributed by atoms with Crippen molar-refractivity contribution < 1.29 is 14.7 Å². The molecule has 4 aromatic carbocycles. The lowest BCUT2D eigenvalue weighted by Crippen LogP contribution is -2.49. The van der Waals surface area contributed by atoms with Crippen molar-refractivity contribution in [2.75, 3.05) is 29.9 Å². The van der Waals surface area contributed by atoms with Gasteiger partial charge in [-0.2, -0.15) is 0 Å². The Kier molecular flexibility index (Phi) is 8.65. The molecule has 2 aliphatic heterocycles. The summed E-state index contributed by atoms with van der Waals surface area (Å²) in [5, 5.41) is 16.6. The van der Waals surface area contributed by atoms with Crippen LogP contribution < -0.4 is 10.2 Å². The lowest BCUT2D eigenvalue weighted by molar-refractivity contribution is -0.132. The van der Waals surface area contributed by atoms with E-state index in [1.807, 2.05) is 114 Å². The fraction of sp³-hybridized carbons (Fsp3) is 0.317. The Morgan fingerprint density at radius 1 is 0.854 bits per heavy atom. The van der Waals surface area contributed by atoms with Crippen LogP contribution in [0.3, 0.4) is 0 Å². The summed E-state index contributed by atoms with van der Waals surface area (Å²) in [5.41, 5.74) is 4.47. The predicted octanol–water partition coefficient (Wildman–Crippen LogP) is 8.13. The molecule has 0 saturated carbocycles. The van der Waals surface area contributed by atoms with Crippen LogP contribution in [-0.2, 0) is 15.2 Å². The minimum Gasteiger partial charge on any atom is -0.380 e. The molecular weight excluding hydrogens is 618 g/mol. The number of piperidine rings is 1. The summed E-state index contributed by atoms with van der Waals surface area (Å²) in [7, 11) is 0. The van der Waals surface area contributed by atoms with Gasteiger partial charge in [0.05, 0.1) is 24.0 Å². The number of carbonyl (C=O) groups excluding carboxylic acids is 2. The molecule has 1 unspecified atom stereocenters.